The summed E-state index contributed by atoms with van der Waals surface area (Å²) in [6, 6.07) is 12.5. The topological polar surface area (TPSA) is 118 Å². The minimum atomic E-state index is -1.36. The summed E-state index contributed by atoms with van der Waals surface area (Å²) in [7, 11) is 1.16. The van der Waals surface area contributed by atoms with Crippen molar-refractivity contribution in [1.82, 2.24) is 5.32 Å². The van der Waals surface area contributed by atoms with Crippen molar-refractivity contribution in [2.24, 2.45) is 5.92 Å². The van der Waals surface area contributed by atoms with Crippen molar-refractivity contribution in [3.63, 3.8) is 0 Å². The SMILES string of the molecule is CCOc1c(Cl)cc([C@H]2C(C#N)=C(SCC(=O)Nc3ccccc3CC)NC(=O)[C@@H]2C(=O)OC)cc1Cl. The van der Waals surface area contributed by atoms with E-state index in [1.165, 1.54) is 12.1 Å². The molecule has 1 aliphatic heterocycles. The Balaban J connectivity index is 1.97. The minimum Gasteiger partial charge on any atom is -0.491 e. The normalized spacial score (nSPS) is 17.0. The maximum absolute atomic E-state index is 13.0. The zero-order valence-corrected chi connectivity index (χ0v) is 22.7. The van der Waals surface area contributed by atoms with Crippen molar-refractivity contribution in [2.75, 3.05) is 24.8 Å². The van der Waals surface area contributed by atoms with Gasteiger partial charge in [0.25, 0.3) is 0 Å². The number of nitrogens with one attached hydrogen (secondary N) is 2. The first-order valence-corrected chi connectivity index (χ1v) is 13.1. The summed E-state index contributed by atoms with van der Waals surface area (Å²) in [5, 5.41) is 16.0. The van der Waals surface area contributed by atoms with Gasteiger partial charge in [-0.1, -0.05) is 60.1 Å². The van der Waals surface area contributed by atoms with Gasteiger partial charge in [-0.2, -0.15) is 5.26 Å². The molecular weight excluding hydrogens is 537 g/mol. The minimum absolute atomic E-state index is 0.0815. The molecule has 2 amide bonds. The molecule has 194 valence electrons. The summed E-state index contributed by atoms with van der Waals surface area (Å²) < 4.78 is 10.3. The van der Waals surface area contributed by atoms with Gasteiger partial charge in [0.1, 0.15) is 5.92 Å². The van der Waals surface area contributed by atoms with Crippen molar-refractivity contribution in [3.8, 4) is 11.8 Å². The third-order valence-corrected chi connectivity index (χ3v) is 7.25. The number of hydrogen-bond donors (Lipinski definition) is 2. The summed E-state index contributed by atoms with van der Waals surface area (Å²) in [5.74, 6) is -4.04. The van der Waals surface area contributed by atoms with E-state index in [0.29, 0.717) is 17.9 Å². The number of thioether (sulfide) groups is 1. The lowest BCUT2D eigenvalue weighted by atomic mass is 9.78. The quantitative estimate of drug-likeness (QED) is 0.324. The van der Waals surface area contributed by atoms with E-state index in [9.17, 15) is 19.6 Å². The number of benzene rings is 2. The molecule has 2 aromatic carbocycles. The molecule has 8 nitrogen and oxygen atoms in total. The number of nitriles is 1. The summed E-state index contributed by atoms with van der Waals surface area (Å²) in [6.45, 7) is 4.08. The van der Waals surface area contributed by atoms with Crippen LogP contribution in [0.25, 0.3) is 0 Å². The molecule has 0 bridgehead atoms. The fourth-order valence-electron chi connectivity index (χ4n) is 4.00. The number of allylic oxidation sites excluding steroid dienone is 1. The van der Waals surface area contributed by atoms with Gasteiger partial charge in [-0.3, -0.25) is 14.4 Å². The van der Waals surface area contributed by atoms with Crippen LogP contribution in [0.1, 0.15) is 30.9 Å². The number of aryl methyl sites for hydroxylation is 1. The summed E-state index contributed by atoms with van der Waals surface area (Å²) in [6.07, 6.45) is 0.743. The molecule has 0 saturated carbocycles. The average molecular weight is 562 g/mol. The highest BCUT2D eigenvalue weighted by atomic mass is 35.5. The number of anilines is 1. The Morgan fingerprint density at radius 1 is 1.19 bits per heavy atom. The van der Waals surface area contributed by atoms with Gasteiger partial charge < -0.3 is 20.1 Å². The predicted molar refractivity (Wildman–Crippen MR) is 144 cm³/mol. The molecule has 0 saturated heterocycles. The standard InChI is InChI=1S/C26H25Cl2N3O5S/c1-4-14-8-6-7-9-19(14)30-20(32)13-37-25-16(12-29)21(22(24(33)31-25)26(34)35-3)15-10-17(27)23(36-5-2)18(28)11-15/h6-11,21-22H,4-5,13H2,1-3H3,(H,30,32)(H,31,33)/t21-,22+/m0/s1. The van der Waals surface area contributed by atoms with Crippen LogP contribution in [0.4, 0.5) is 5.69 Å². The van der Waals surface area contributed by atoms with Gasteiger partial charge in [0.05, 0.1) is 46.2 Å². The van der Waals surface area contributed by atoms with Gasteiger partial charge in [-0.15, -0.1) is 0 Å². The second kappa shape index (κ2) is 12.9. The Morgan fingerprint density at radius 3 is 2.46 bits per heavy atom. The molecule has 0 fully saturated rings. The molecule has 1 heterocycles. The summed E-state index contributed by atoms with van der Waals surface area (Å²) in [5.41, 5.74) is 2.12. The summed E-state index contributed by atoms with van der Waals surface area (Å²) >= 11 is 13.7. The van der Waals surface area contributed by atoms with Gasteiger partial charge in [0, 0.05) is 11.6 Å². The van der Waals surface area contributed by atoms with Gasteiger partial charge >= 0.3 is 5.97 Å². The second-order valence-electron chi connectivity index (χ2n) is 7.92. The Labute approximate surface area is 229 Å². The lowest BCUT2D eigenvalue weighted by Crippen LogP contribution is -2.44. The van der Waals surface area contributed by atoms with Gasteiger partial charge in [0.15, 0.2) is 5.75 Å². The van der Waals surface area contributed by atoms with E-state index in [4.69, 9.17) is 32.7 Å². The molecule has 2 aromatic rings. The van der Waals surface area contributed by atoms with Crippen LogP contribution in [0.15, 0.2) is 47.0 Å². The van der Waals surface area contributed by atoms with Crippen molar-refractivity contribution in [3.05, 3.63) is 68.2 Å². The van der Waals surface area contributed by atoms with Crippen LogP contribution in [0.2, 0.25) is 10.0 Å². The van der Waals surface area contributed by atoms with Crippen LogP contribution in [-0.4, -0.2) is 37.3 Å². The Bertz CT molecular complexity index is 1270. The molecule has 0 aromatic heterocycles. The van der Waals surface area contributed by atoms with Crippen molar-refractivity contribution < 1.29 is 23.9 Å². The molecule has 0 spiro atoms. The monoisotopic (exact) mass is 561 g/mol. The number of amides is 2. The molecule has 3 rings (SSSR count). The molecule has 1 aliphatic rings. The number of methoxy groups -OCH3 is 1. The lowest BCUT2D eigenvalue weighted by Gasteiger charge is -2.31. The Morgan fingerprint density at radius 2 is 1.86 bits per heavy atom. The van der Waals surface area contributed by atoms with E-state index < -0.39 is 23.7 Å². The molecule has 2 atom stereocenters. The maximum atomic E-state index is 13.0. The van der Waals surface area contributed by atoms with E-state index in [1.807, 2.05) is 25.1 Å². The number of nitrogens with zero attached hydrogens (tertiary/aromatic N) is 1. The predicted octanol–water partition coefficient (Wildman–Crippen LogP) is 5.06. The van der Waals surface area contributed by atoms with E-state index in [1.54, 1.807) is 13.0 Å². The lowest BCUT2D eigenvalue weighted by molar-refractivity contribution is -0.150. The van der Waals surface area contributed by atoms with Crippen LogP contribution < -0.4 is 15.4 Å². The number of carbonyl (C=O) groups excluding carboxylic acids is 3. The van der Waals surface area contributed by atoms with Gasteiger partial charge in [-0.25, -0.2) is 0 Å². The number of para-hydroxylation sites is 1. The van der Waals surface area contributed by atoms with Crippen molar-refractivity contribution >= 4 is 58.4 Å². The Hall–Kier alpha value is -3.19. The molecule has 0 unspecified atom stereocenters. The number of rotatable bonds is 9. The maximum Gasteiger partial charge on any atom is 0.319 e. The zero-order chi connectivity index (χ0) is 27.1. The third kappa shape index (κ3) is 6.39. The highest BCUT2D eigenvalue weighted by molar-refractivity contribution is 8.03. The van der Waals surface area contributed by atoms with E-state index in [-0.39, 0.29) is 38.1 Å². The first-order chi connectivity index (χ1) is 17.7. The number of hydrogen-bond acceptors (Lipinski definition) is 7. The molecular formula is C26H25Cl2N3O5S. The number of carbonyl (C=O) groups is 3. The van der Waals surface area contributed by atoms with Gasteiger partial charge in [-0.05, 0) is 42.7 Å². The molecule has 0 aliphatic carbocycles. The van der Waals surface area contributed by atoms with Crippen LogP contribution in [-0.2, 0) is 25.5 Å². The van der Waals surface area contributed by atoms with Gasteiger partial charge in [0.2, 0.25) is 11.8 Å². The van der Waals surface area contributed by atoms with Crippen LogP contribution in [0, 0.1) is 17.2 Å². The highest BCUT2D eigenvalue weighted by Gasteiger charge is 2.44. The fraction of sp³-hybridized carbons (Fsp3) is 0.308. The first kappa shape index (κ1) is 28.4. The first-order valence-electron chi connectivity index (χ1n) is 11.4. The second-order valence-corrected chi connectivity index (χ2v) is 9.72. The largest absolute Gasteiger partial charge is 0.491 e. The van der Waals surface area contributed by atoms with E-state index >= 15 is 0 Å². The summed E-state index contributed by atoms with van der Waals surface area (Å²) in [4.78, 5) is 38.4. The molecule has 37 heavy (non-hydrogen) atoms. The number of ether oxygens (including phenoxy) is 2. The Kier molecular flexibility index (Phi) is 9.86. The third-order valence-electron chi connectivity index (χ3n) is 5.67. The van der Waals surface area contributed by atoms with Crippen LogP contribution in [0.5, 0.6) is 5.75 Å². The van der Waals surface area contributed by atoms with Crippen LogP contribution >= 0.6 is 35.0 Å². The average Bonchev–Trinajstić information content (AvgIpc) is 2.88. The molecule has 0 radical (unpaired) electrons. The molecule has 11 heteroatoms. The van der Waals surface area contributed by atoms with Crippen LogP contribution in [0.3, 0.4) is 0 Å². The smallest absolute Gasteiger partial charge is 0.319 e. The van der Waals surface area contributed by atoms with E-state index in [0.717, 1.165) is 30.9 Å². The highest BCUT2D eigenvalue weighted by Crippen LogP contribution is 2.44. The zero-order valence-electron chi connectivity index (χ0n) is 20.4. The van der Waals surface area contributed by atoms with Crippen molar-refractivity contribution in [1.29, 1.82) is 5.26 Å². The molecule has 2 N–H and O–H groups in total. The van der Waals surface area contributed by atoms with E-state index in [2.05, 4.69) is 16.7 Å². The number of halogens is 2. The number of esters is 1. The van der Waals surface area contributed by atoms with Crippen molar-refractivity contribution in [2.45, 2.75) is 26.2 Å². The fourth-order valence-corrected chi connectivity index (χ4v) is 5.46.